The summed E-state index contributed by atoms with van der Waals surface area (Å²) in [6, 6.07) is 6.05. The molecule has 1 fully saturated rings. The summed E-state index contributed by atoms with van der Waals surface area (Å²) in [6.07, 6.45) is 6.99. The van der Waals surface area contributed by atoms with Crippen molar-refractivity contribution in [2.24, 2.45) is 11.7 Å². The number of carbonyl (C=O) groups is 1. The van der Waals surface area contributed by atoms with E-state index in [2.05, 4.69) is 5.32 Å². The number of nitrogens with two attached hydrogens (primary N) is 1. The maximum Gasteiger partial charge on any atom is 0.251 e. The molecule has 3 N–H and O–H groups in total. The van der Waals surface area contributed by atoms with Gasteiger partial charge in [0.15, 0.2) is 6.10 Å². The summed E-state index contributed by atoms with van der Waals surface area (Å²) in [5.41, 5.74) is 6.81. The molecular formula is C21H33FN2O2. The van der Waals surface area contributed by atoms with E-state index in [-0.39, 0.29) is 17.8 Å². The molecular weight excluding hydrogens is 331 g/mol. The number of benzene rings is 1. The van der Waals surface area contributed by atoms with Gasteiger partial charge in [-0.2, -0.15) is 0 Å². The zero-order valence-corrected chi connectivity index (χ0v) is 16.3. The van der Waals surface area contributed by atoms with Gasteiger partial charge in [-0.15, -0.1) is 0 Å². The molecule has 1 aliphatic rings. The number of methoxy groups -OCH3 is 1. The fraction of sp³-hybridized carbons (Fsp3) is 0.667. The fourth-order valence-corrected chi connectivity index (χ4v) is 3.97. The van der Waals surface area contributed by atoms with Crippen molar-refractivity contribution in [3.8, 4) is 0 Å². The van der Waals surface area contributed by atoms with Crippen LogP contribution >= 0.6 is 0 Å². The Bertz CT molecular complexity index is 568. The summed E-state index contributed by atoms with van der Waals surface area (Å²) >= 11 is 0. The molecule has 1 aromatic rings. The number of nitrogens with one attached hydrogen (secondary N) is 1. The van der Waals surface area contributed by atoms with Crippen LogP contribution in [-0.4, -0.2) is 30.7 Å². The molecule has 0 aliphatic heterocycles. The lowest BCUT2D eigenvalue weighted by molar-refractivity contribution is -0.134. The molecule has 4 nitrogen and oxygen atoms in total. The first-order valence-electron chi connectivity index (χ1n) is 9.65. The van der Waals surface area contributed by atoms with Gasteiger partial charge in [-0.25, -0.2) is 4.39 Å². The largest absolute Gasteiger partial charge is 0.370 e. The van der Waals surface area contributed by atoms with E-state index in [9.17, 15) is 9.18 Å². The molecule has 0 bridgehead atoms. The van der Waals surface area contributed by atoms with Gasteiger partial charge in [0.2, 0.25) is 0 Å². The summed E-state index contributed by atoms with van der Waals surface area (Å²) in [7, 11) is 1.54. The smallest absolute Gasteiger partial charge is 0.251 e. The van der Waals surface area contributed by atoms with Crippen molar-refractivity contribution in [1.29, 1.82) is 0 Å². The van der Waals surface area contributed by atoms with E-state index >= 15 is 0 Å². The van der Waals surface area contributed by atoms with Crippen LogP contribution in [0.1, 0.15) is 57.9 Å². The molecule has 0 aromatic heterocycles. The van der Waals surface area contributed by atoms with Gasteiger partial charge in [0.1, 0.15) is 5.82 Å². The lowest BCUT2D eigenvalue weighted by Gasteiger charge is -2.32. The third-order valence-corrected chi connectivity index (χ3v) is 5.25. The van der Waals surface area contributed by atoms with E-state index in [0.29, 0.717) is 12.3 Å². The average molecular weight is 365 g/mol. The van der Waals surface area contributed by atoms with Crippen molar-refractivity contribution in [3.05, 3.63) is 35.6 Å². The van der Waals surface area contributed by atoms with Crippen LogP contribution < -0.4 is 11.1 Å². The second-order valence-electron chi connectivity index (χ2n) is 8.24. The summed E-state index contributed by atoms with van der Waals surface area (Å²) in [5.74, 6) is 0.156. The molecule has 0 radical (unpaired) electrons. The lowest BCUT2D eigenvalue weighted by atomic mass is 9.83. The highest BCUT2D eigenvalue weighted by atomic mass is 19.1. The van der Waals surface area contributed by atoms with Crippen molar-refractivity contribution >= 4 is 5.91 Å². The zero-order valence-electron chi connectivity index (χ0n) is 16.3. The topological polar surface area (TPSA) is 64.3 Å². The number of ether oxygens (including phenoxy) is 1. The summed E-state index contributed by atoms with van der Waals surface area (Å²) in [6.45, 7) is 3.90. The number of amides is 1. The van der Waals surface area contributed by atoms with Gasteiger partial charge in [0.25, 0.3) is 5.91 Å². The van der Waals surface area contributed by atoms with Gasteiger partial charge in [-0.05, 0) is 50.3 Å². The molecule has 0 spiro atoms. The van der Waals surface area contributed by atoms with Crippen molar-refractivity contribution in [1.82, 2.24) is 5.32 Å². The van der Waals surface area contributed by atoms with Crippen LogP contribution in [0.25, 0.3) is 0 Å². The first-order chi connectivity index (χ1) is 12.3. The molecule has 1 amide bonds. The quantitative estimate of drug-likeness (QED) is 0.741. The Labute approximate surface area is 156 Å². The van der Waals surface area contributed by atoms with Gasteiger partial charge in [-0.3, -0.25) is 4.79 Å². The lowest BCUT2D eigenvalue weighted by Crippen LogP contribution is -2.54. The second-order valence-corrected chi connectivity index (χ2v) is 8.24. The van der Waals surface area contributed by atoms with Crippen LogP contribution in [0.3, 0.4) is 0 Å². The van der Waals surface area contributed by atoms with Crippen molar-refractivity contribution in [2.45, 2.75) is 76.5 Å². The third kappa shape index (κ3) is 6.36. The monoisotopic (exact) mass is 364 g/mol. The van der Waals surface area contributed by atoms with Crippen LogP contribution in [0.5, 0.6) is 0 Å². The molecule has 26 heavy (non-hydrogen) atoms. The van der Waals surface area contributed by atoms with Crippen LogP contribution in [-0.2, 0) is 16.0 Å². The minimum absolute atomic E-state index is 0.178. The molecule has 1 aliphatic carbocycles. The number of hydrogen-bond acceptors (Lipinski definition) is 3. The number of rotatable bonds is 8. The van der Waals surface area contributed by atoms with Gasteiger partial charge in [-0.1, -0.05) is 44.2 Å². The molecule has 2 atom stereocenters. The van der Waals surface area contributed by atoms with E-state index in [4.69, 9.17) is 10.5 Å². The molecule has 0 heterocycles. The molecule has 2 rings (SSSR count). The maximum absolute atomic E-state index is 13.1. The Morgan fingerprint density at radius 3 is 2.46 bits per heavy atom. The minimum Gasteiger partial charge on any atom is -0.370 e. The summed E-state index contributed by atoms with van der Waals surface area (Å²) < 4.78 is 18.5. The van der Waals surface area contributed by atoms with E-state index in [0.717, 1.165) is 12.0 Å². The van der Waals surface area contributed by atoms with Crippen molar-refractivity contribution in [2.75, 3.05) is 7.11 Å². The molecule has 5 heteroatoms. The van der Waals surface area contributed by atoms with Gasteiger partial charge >= 0.3 is 0 Å². The Balaban J connectivity index is 1.92. The first-order valence-corrected chi connectivity index (χ1v) is 9.65. The van der Waals surface area contributed by atoms with Crippen LogP contribution in [0.4, 0.5) is 4.39 Å². The molecule has 1 aromatic carbocycles. The average Bonchev–Trinajstić information content (AvgIpc) is 2.57. The zero-order chi connectivity index (χ0) is 19.2. The minimum atomic E-state index is -0.649. The Hall–Kier alpha value is -1.46. The molecule has 0 saturated heterocycles. The molecule has 1 unspecified atom stereocenters. The number of carbonyl (C=O) groups excluding carboxylic acids is 1. The van der Waals surface area contributed by atoms with E-state index in [1.165, 1.54) is 51.3 Å². The number of halogens is 1. The van der Waals surface area contributed by atoms with Gasteiger partial charge in [0.05, 0.1) is 0 Å². The van der Waals surface area contributed by atoms with Gasteiger partial charge in [0, 0.05) is 18.7 Å². The summed E-state index contributed by atoms with van der Waals surface area (Å²) in [4.78, 5) is 12.7. The SMILES string of the molecule is COC(C(=O)NC(C)(C)Cc1ccc(F)cc1)[C@H](N)CC1CCCCC1. The first kappa shape index (κ1) is 20.8. The second kappa shape index (κ2) is 9.47. The van der Waals surface area contributed by atoms with Crippen LogP contribution in [0, 0.1) is 11.7 Å². The predicted octanol–water partition coefficient (Wildman–Crippen LogP) is 3.58. The highest BCUT2D eigenvalue weighted by Gasteiger charge is 2.31. The number of hydrogen-bond donors (Lipinski definition) is 2. The maximum atomic E-state index is 13.1. The normalized spacial score (nSPS) is 18.3. The van der Waals surface area contributed by atoms with E-state index in [1.807, 2.05) is 13.8 Å². The standard InChI is InChI=1S/C21H33FN2O2/c1-21(2,14-16-9-11-17(22)12-10-16)24-20(25)19(26-3)18(23)13-15-7-5-4-6-8-15/h9-12,15,18-19H,4-8,13-14,23H2,1-3H3,(H,24,25)/t18-,19?/m1/s1. The van der Waals surface area contributed by atoms with Crippen molar-refractivity contribution < 1.29 is 13.9 Å². The fourth-order valence-electron chi connectivity index (χ4n) is 3.97. The Morgan fingerprint density at radius 2 is 1.88 bits per heavy atom. The highest BCUT2D eigenvalue weighted by Crippen LogP contribution is 2.28. The summed E-state index contributed by atoms with van der Waals surface area (Å²) in [5, 5.41) is 3.05. The Kier molecular flexibility index (Phi) is 7.59. The molecule has 146 valence electrons. The molecule has 1 saturated carbocycles. The third-order valence-electron chi connectivity index (χ3n) is 5.25. The van der Waals surface area contributed by atoms with Gasteiger partial charge < -0.3 is 15.8 Å². The van der Waals surface area contributed by atoms with Crippen LogP contribution in [0.2, 0.25) is 0 Å². The Morgan fingerprint density at radius 1 is 1.27 bits per heavy atom. The van der Waals surface area contributed by atoms with E-state index < -0.39 is 11.6 Å². The van der Waals surface area contributed by atoms with Crippen molar-refractivity contribution in [3.63, 3.8) is 0 Å². The predicted molar refractivity (Wildman–Crippen MR) is 102 cm³/mol. The van der Waals surface area contributed by atoms with E-state index in [1.54, 1.807) is 12.1 Å². The highest BCUT2D eigenvalue weighted by molar-refractivity contribution is 5.82. The van der Waals surface area contributed by atoms with Crippen LogP contribution in [0.15, 0.2) is 24.3 Å².